The standard InChI is InChI=1S/C28H33N3O2/c1-33-27-13-5-12-25(20-27)28(32)31(22-24-10-6-16-29-21-24)26-14-18-30(19-15-26)17-7-11-23-8-3-2-4-9-23/h2-6,8-10,12-13,16,20-21,26H,7,11,14-15,17-19,22H2,1H3. The summed E-state index contributed by atoms with van der Waals surface area (Å²) in [6.45, 7) is 3.72. The molecular formula is C28H33N3O2. The Balaban J connectivity index is 1.39. The second-order valence-corrected chi connectivity index (χ2v) is 8.69. The smallest absolute Gasteiger partial charge is 0.254 e. The van der Waals surface area contributed by atoms with E-state index in [2.05, 4.69) is 40.2 Å². The number of aryl methyl sites for hydroxylation is 1. The largest absolute Gasteiger partial charge is 0.497 e. The highest BCUT2D eigenvalue weighted by Gasteiger charge is 2.29. The first-order chi connectivity index (χ1) is 16.2. The Morgan fingerprint density at radius 3 is 2.55 bits per heavy atom. The van der Waals surface area contributed by atoms with Gasteiger partial charge >= 0.3 is 0 Å². The Hall–Kier alpha value is -3.18. The zero-order valence-corrected chi connectivity index (χ0v) is 19.4. The first-order valence-corrected chi connectivity index (χ1v) is 11.8. The minimum absolute atomic E-state index is 0.0558. The molecule has 1 saturated heterocycles. The quantitative estimate of drug-likeness (QED) is 0.475. The second kappa shape index (κ2) is 11.6. The minimum Gasteiger partial charge on any atom is -0.497 e. The molecule has 1 amide bonds. The first-order valence-electron chi connectivity index (χ1n) is 11.8. The van der Waals surface area contributed by atoms with Crippen LogP contribution in [0.4, 0.5) is 0 Å². The van der Waals surface area contributed by atoms with Crippen molar-refractivity contribution in [3.63, 3.8) is 0 Å². The molecule has 0 aliphatic carbocycles. The fourth-order valence-corrected chi connectivity index (χ4v) is 4.58. The third-order valence-electron chi connectivity index (χ3n) is 6.43. The molecule has 1 aromatic heterocycles. The van der Waals surface area contributed by atoms with E-state index in [1.54, 1.807) is 13.3 Å². The summed E-state index contributed by atoms with van der Waals surface area (Å²) in [6.07, 6.45) is 7.87. The average Bonchev–Trinajstić information content (AvgIpc) is 2.89. The van der Waals surface area contributed by atoms with Gasteiger partial charge in [-0.3, -0.25) is 9.78 Å². The van der Waals surface area contributed by atoms with Gasteiger partial charge in [0.05, 0.1) is 7.11 Å². The molecule has 0 unspecified atom stereocenters. The number of hydrogen-bond donors (Lipinski definition) is 0. The fourth-order valence-electron chi connectivity index (χ4n) is 4.58. The summed E-state index contributed by atoms with van der Waals surface area (Å²) >= 11 is 0. The predicted octanol–water partition coefficient (Wildman–Crippen LogP) is 4.83. The Morgan fingerprint density at radius 2 is 1.82 bits per heavy atom. The van der Waals surface area contributed by atoms with E-state index in [9.17, 15) is 4.79 Å². The van der Waals surface area contributed by atoms with E-state index in [0.717, 1.165) is 50.9 Å². The van der Waals surface area contributed by atoms with Gasteiger partial charge in [0, 0.05) is 43.6 Å². The van der Waals surface area contributed by atoms with Gasteiger partial charge in [-0.2, -0.15) is 0 Å². The Bertz CT molecular complexity index is 1000. The topological polar surface area (TPSA) is 45.7 Å². The summed E-state index contributed by atoms with van der Waals surface area (Å²) in [7, 11) is 1.63. The van der Waals surface area contributed by atoms with Crippen LogP contribution in [0.2, 0.25) is 0 Å². The number of methoxy groups -OCH3 is 1. The summed E-state index contributed by atoms with van der Waals surface area (Å²) in [5.41, 5.74) is 3.13. The number of hydrogen-bond acceptors (Lipinski definition) is 4. The number of likely N-dealkylation sites (tertiary alicyclic amines) is 1. The van der Waals surface area contributed by atoms with E-state index in [1.165, 1.54) is 5.56 Å². The van der Waals surface area contributed by atoms with Crippen LogP contribution >= 0.6 is 0 Å². The summed E-state index contributed by atoms with van der Waals surface area (Å²) in [4.78, 5) is 22.4. The predicted molar refractivity (Wildman–Crippen MR) is 131 cm³/mol. The number of carbonyl (C=O) groups is 1. The molecule has 5 heteroatoms. The maximum atomic E-state index is 13.6. The molecule has 0 radical (unpaired) electrons. The lowest BCUT2D eigenvalue weighted by molar-refractivity contribution is 0.0548. The normalized spacial score (nSPS) is 14.7. The maximum absolute atomic E-state index is 13.6. The molecular weight excluding hydrogens is 410 g/mol. The molecule has 0 bridgehead atoms. The molecule has 1 aliphatic heterocycles. The number of rotatable bonds is 9. The molecule has 33 heavy (non-hydrogen) atoms. The van der Waals surface area contributed by atoms with Gasteiger partial charge in [0.25, 0.3) is 5.91 Å². The Morgan fingerprint density at radius 1 is 1.03 bits per heavy atom. The van der Waals surface area contributed by atoms with Crippen LogP contribution in [-0.2, 0) is 13.0 Å². The van der Waals surface area contributed by atoms with Gasteiger partial charge in [-0.15, -0.1) is 0 Å². The minimum atomic E-state index is 0.0558. The number of aromatic nitrogens is 1. The Labute approximate surface area is 197 Å². The number of nitrogens with zero attached hydrogens (tertiary/aromatic N) is 3. The van der Waals surface area contributed by atoms with E-state index in [-0.39, 0.29) is 11.9 Å². The monoisotopic (exact) mass is 443 g/mol. The molecule has 2 aromatic carbocycles. The fraction of sp³-hybridized carbons (Fsp3) is 0.357. The van der Waals surface area contributed by atoms with Crippen molar-refractivity contribution in [1.29, 1.82) is 0 Å². The lowest BCUT2D eigenvalue weighted by Crippen LogP contribution is -2.47. The second-order valence-electron chi connectivity index (χ2n) is 8.69. The van der Waals surface area contributed by atoms with Crippen LogP contribution in [0.15, 0.2) is 79.1 Å². The molecule has 0 saturated carbocycles. The lowest BCUT2D eigenvalue weighted by atomic mass is 10.00. The molecule has 1 aliphatic rings. The molecule has 172 valence electrons. The number of piperidine rings is 1. The highest BCUT2D eigenvalue weighted by Crippen LogP contribution is 2.23. The van der Waals surface area contributed by atoms with Gasteiger partial charge in [0.15, 0.2) is 0 Å². The number of carbonyl (C=O) groups excluding carboxylic acids is 1. The van der Waals surface area contributed by atoms with Crippen molar-refractivity contribution in [3.8, 4) is 5.75 Å². The van der Waals surface area contributed by atoms with Crippen LogP contribution in [0.25, 0.3) is 0 Å². The maximum Gasteiger partial charge on any atom is 0.254 e. The number of pyridine rings is 1. The van der Waals surface area contributed by atoms with Crippen LogP contribution in [0, 0.1) is 0 Å². The first kappa shape index (κ1) is 23.0. The van der Waals surface area contributed by atoms with Crippen molar-refractivity contribution in [3.05, 3.63) is 95.8 Å². The third kappa shape index (κ3) is 6.42. The summed E-state index contributed by atoms with van der Waals surface area (Å²) < 4.78 is 5.34. The van der Waals surface area contributed by atoms with Crippen molar-refractivity contribution in [1.82, 2.24) is 14.8 Å². The number of ether oxygens (including phenoxy) is 1. The molecule has 3 aromatic rings. The highest BCUT2D eigenvalue weighted by atomic mass is 16.5. The van der Waals surface area contributed by atoms with Crippen LogP contribution in [0.3, 0.4) is 0 Å². The van der Waals surface area contributed by atoms with Gasteiger partial charge < -0.3 is 14.5 Å². The van der Waals surface area contributed by atoms with Gasteiger partial charge in [-0.1, -0.05) is 42.5 Å². The van der Waals surface area contributed by atoms with Gasteiger partial charge in [-0.25, -0.2) is 0 Å². The SMILES string of the molecule is COc1cccc(C(=O)N(Cc2cccnc2)C2CCN(CCCc3ccccc3)CC2)c1. The molecule has 5 nitrogen and oxygen atoms in total. The third-order valence-corrected chi connectivity index (χ3v) is 6.43. The lowest BCUT2D eigenvalue weighted by Gasteiger charge is -2.38. The zero-order valence-electron chi connectivity index (χ0n) is 19.4. The summed E-state index contributed by atoms with van der Waals surface area (Å²) in [5, 5.41) is 0. The van der Waals surface area contributed by atoms with Crippen molar-refractivity contribution in [2.45, 2.75) is 38.3 Å². The van der Waals surface area contributed by atoms with E-state index < -0.39 is 0 Å². The van der Waals surface area contributed by atoms with Crippen molar-refractivity contribution < 1.29 is 9.53 Å². The van der Waals surface area contributed by atoms with Gasteiger partial charge in [0.1, 0.15) is 5.75 Å². The number of amides is 1. The average molecular weight is 444 g/mol. The van der Waals surface area contributed by atoms with Crippen LogP contribution < -0.4 is 4.74 Å². The van der Waals surface area contributed by atoms with E-state index >= 15 is 0 Å². The van der Waals surface area contributed by atoms with Crippen LogP contribution in [0.5, 0.6) is 5.75 Å². The van der Waals surface area contributed by atoms with E-state index in [4.69, 9.17) is 4.74 Å². The van der Waals surface area contributed by atoms with Crippen molar-refractivity contribution >= 4 is 5.91 Å². The van der Waals surface area contributed by atoms with E-state index in [1.807, 2.05) is 47.5 Å². The molecule has 2 heterocycles. The van der Waals surface area contributed by atoms with Crippen molar-refractivity contribution in [2.75, 3.05) is 26.7 Å². The van der Waals surface area contributed by atoms with Crippen LogP contribution in [-0.4, -0.2) is 53.5 Å². The molecule has 4 rings (SSSR count). The van der Waals surface area contributed by atoms with Crippen LogP contribution in [0.1, 0.15) is 40.7 Å². The molecule has 0 spiro atoms. The summed E-state index contributed by atoms with van der Waals surface area (Å²) in [6, 6.07) is 22.3. The van der Waals surface area contributed by atoms with E-state index in [0.29, 0.717) is 17.9 Å². The highest BCUT2D eigenvalue weighted by molar-refractivity contribution is 5.94. The molecule has 0 atom stereocenters. The zero-order chi connectivity index (χ0) is 22.9. The van der Waals surface area contributed by atoms with Crippen molar-refractivity contribution in [2.24, 2.45) is 0 Å². The molecule has 1 fully saturated rings. The molecule has 0 N–H and O–H groups in total. The van der Waals surface area contributed by atoms with Gasteiger partial charge in [-0.05, 0) is 67.6 Å². The summed E-state index contributed by atoms with van der Waals surface area (Å²) in [5.74, 6) is 0.760. The van der Waals surface area contributed by atoms with Gasteiger partial charge in [0.2, 0.25) is 0 Å². The Kier molecular flexibility index (Phi) is 8.09. The number of benzene rings is 2.